The summed E-state index contributed by atoms with van der Waals surface area (Å²) in [6.07, 6.45) is 39.2. The van der Waals surface area contributed by atoms with Gasteiger partial charge < -0.3 is 14.4 Å². The van der Waals surface area contributed by atoms with Crippen LogP contribution in [-0.2, 0) is 19.1 Å². The molecule has 0 amide bonds. The third-order valence-corrected chi connectivity index (χ3v) is 10.8. The van der Waals surface area contributed by atoms with Gasteiger partial charge in [0.1, 0.15) is 6.10 Å². The minimum Gasteiger partial charge on any atom is -0.465 e. The van der Waals surface area contributed by atoms with Gasteiger partial charge in [-0.15, -0.1) is 0 Å². The zero-order valence-electron chi connectivity index (χ0n) is 33.5. The molecule has 0 saturated heterocycles. The SMILES string of the molecule is CC/C=C\CC1C(CC(=O)OCC(CCCCCCCCCCCC)CCCCCCCCCCCC)CCC1OC(=O)CCCN(C)C. The van der Waals surface area contributed by atoms with E-state index in [4.69, 9.17) is 9.47 Å². The van der Waals surface area contributed by atoms with Crippen molar-refractivity contribution in [2.45, 2.75) is 213 Å². The van der Waals surface area contributed by atoms with Crippen molar-refractivity contribution in [2.75, 3.05) is 27.2 Å². The molecule has 0 aliphatic heterocycles. The van der Waals surface area contributed by atoms with E-state index in [0.717, 1.165) is 38.6 Å². The second kappa shape index (κ2) is 32.5. The summed E-state index contributed by atoms with van der Waals surface area (Å²) in [5.41, 5.74) is 0. The van der Waals surface area contributed by atoms with Crippen molar-refractivity contribution >= 4 is 11.9 Å². The summed E-state index contributed by atoms with van der Waals surface area (Å²) in [6.45, 7) is 8.17. The van der Waals surface area contributed by atoms with E-state index in [-0.39, 0.29) is 29.9 Å². The number of carbonyl (C=O) groups is 2. The van der Waals surface area contributed by atoms with Crippen LogP contribution in [0.15, 0.2) is 12.2 Å². The van der Waals surface area contributed by atoms with Gasteiger partial charge in [-0.1, -0.05) is 161 Å². The third-order valence-electron chi connectivity index (χ3n) is 10.8. The Hall–Kier alpha value is -1.36. The molecule has 3 atom stereocenters. The Morgan fingerprint density at radius 1 is 0.653 bits per heavy atom. The van der Waals surface area contributed by atoms with E-state index in [9.17, 15) is 9.59 Å². The molecule has 0 heterocycles. The van der Waals surface area contributed by atoms with Crippen LogP contribution in [0.5, 0.6) is 0 Å². The normalized spacial score (nSPS) is 17.9. The summed E-state index contributed by atoms with van der Waals surface area (Å²) in [4.78, 5) is 28.0. The Kier molecular flexibility index (Phi) is 30.3. The summed E-state index contributed by atoms with van der Waals surface area (Å²) in [5, 5.41) is 0. The molecule has 49 heavy (non-hydrogen) atoms. The maximum Gasteiger partial charge on any atom is 0.306 e. The number of nitrogens with zero attached hydrogens (tertiary/aromatic N) is 1. The van der Waals surface area contributed by atoms with Crippen LogP contribution in [-0.4, -0.2) is 50.2 Å². The second-order valence-corrected chi connectivity index (χ2v) is 15.7. The van der Waals surface area contributed by atoms with Crippen molar-refractivity contribution in [3.8, 4) is 0 Å². The molecule has 0 bridgehead atoms. The molecule has 288 valence electrons. The standard InChI is InChI=1S/C44H83NO4/c1-6-9-12-14-16-18-20-22-24-27-30-39(31-28-25-23-21-19-17-15-13-10-7-2)38-48-44(47)37-40-34-35-42(41(40)32-26-11-8-3)49-43(46)33-29-36-45(4)5/h11,26,39-42H,6-10,12-25,27-38H2,1-5H3/b26-11-. The summed E-state index contributed by atoms with van der Waals surface area (Å²) in [6, 6.07) is 0. The molecule has 0 radical (unpaired) electrons. The maximum atomic E-state index is 13.2. The predicted octanol–water partition coefficient (Wildman–Crippen LogP) is 12.8. The first kappa shape index (κ1) is 45.7. The lowest BCUT2D eigenvalue weighted by Gasteiger charge is -2.24. The van der Waals surface area contributed by atoms with E-state index in [2.05, 4.69) is 37.8 Å². The van der Waals surface area contributed by atoms with Crippen LogP contribution in [0.1, 0.15) is 207 Å². The highest BCUT2D eigenvalue weighted by Crippen LogP contribution is 2.39. The number of esters is 2. The van der Waals surface area contributed by atoms with Gasteiger partial charge in [0.2, 0.25) is 0 Å². The van der Waals surface area contributed by atoms with E-state index >= 15 is 0 Å². The summed E-state index contributed by atoms with van der Waals surface area (Å²) < 4.78 is 12.1. The zero-order chi connectivity index (χ0) is 35.8. The van der Waals surface area contributed by atoms with Gasteiger partial charge in [-0.05, 0) is 77.4 Å². The lowest BCUT2D eigenvalue weighted by atomic mass is 9.88. The van der Waals surface area contributed by atoms with Crippen molar-refractivity contribution in [1.29, 1.82) is 0 Å². The van der Waals surface area contributed by atoms with Crippen LogP contribution in [0.3, 0.4) is 0 Å². The Labute approximate surface area is 305 Å². The van der Waals surface area contributed by atoms with Crippen molar-refractivity contribution in [2.24, 2.45) is 17.8 Å². The molecule has 3 unspecified atom stereocenters. The van der Waals surface area contributed by atoms with E-state index in [0.29, 0.717) is 25.4 Å². The number of allylic oxidation sites excluding steroid dienone is 2. The number of hydrogen-bond acceptors (Lipinski definition) is 5. The van der Waals surface area contributed by atoms with E-state index in [1.54, 1.807) is 0 Å². The first-order chi connectivity index (χ1) is 23.9. The molecule has 1 saturated carbocycles. The van der Waals surface area contributed by atoms with Gasteiger partial charge in [-0.3, -0.25) is 9.59 Å². The van der Waals surface area contributed by atoms with Crippen molar-refractivity contribution in [3.05, 3.63) is 12.2 Å². The van der Waals surface area contributed by atoms with Crippen LogP contribution in [0, 0.1) is 17.8 Å². The summed E-state index contributed by atoms with van der Waals surface area (Å²) in [5.74, 6) is 0.748. The largest absolute Gasteiger partial charge is 0.465 e. The molecule has 1 rings (SSSR count). The average Bonchev–Trinajstić information content (AvgIpc) is 3.44. The van der Waals surface area contributed by atoms with Gasteiger partial charge in [-0.2, -0.15) is 0 Å². The quantitative estimate of drug-likeness (QED) is 0.0382. The molecule has 1 aliphatic carbocycles. The smallest absolute Gasteiger partial charge is 0.306 e. The fraction of sp³-hybridized carbons (Fsp3) is 0.909. The van der Waals surface area contributed by atoms with Gasteiger partial charge in [0.05, 0.1) is 6.61 Å². The number of carbonyl (C=O) groups excluding carboxylic acids is 2. The topological polar surface area (TPSA) is 55.8 Å². The van der Waals surface area contributed by atoms with Gasteiger partial charge in [0.25, 0.3) is 0 Å². The molecule has 0 N–H and O–H groups in total. The van der Waals surface area contributed by atoms with Crippen LogP contribution >= 0.6 is 0 Å². The molecular weight excluding hydrogens is 606 g/mol. The van der Waals surface area contributed by atoms with E-state index < -0.39 is 0 Å². The molecule has 0 aromatic rings. The molecule has 1 aliphatic rings. The highest BCUT2D eigenvalue weighted by molar-refractivity contribution is 5.70. The lowest BCUT2D eigenvalue weighted by molar-refractivity contribution is -0.151. The van der Waals surface area contributed by atoms with Gasteiger partial charge >= 0.3 is 11.9 Å². The zero-order valence-corrected chi connectivity index (χ0v) is 33.5. The van der Waals surface area contributed by atoms with Crippen molar-refractivity contribution in [3.63, 3.8) is 0 Å². The lowest BCUT2D eigenvalue weighted by Crippen LogP contribution is -2.27. The van der Waals surface area contributed by atoms with E-state index in [1.807, 2.05) is 14.1 Å². The van der Waals surface area contributed by atoms with Crippen LogP contribution in [0.25, 0.3) is 0 Å². The highest BCUT2D eigenvalue weighted by Gasteiger charge is 2.39. The first-order valence-corrected chi connectivity index (χ1v) is 21.6. The summed E-state index contributed by atoms with van der Waals surface area (Å²) >= 11 is 0. The van der Waals surface area contributed by atoms with Crippen LogP contribution in [0.4, 0.5) is 0 Å². The number of unbranched alkanes of at least 4 members (excludes halogenated alkanes) is 18. The predicted molar refractivity (Wildman–Crippen MR) is 210 cm³/mol. The van der Waals surface area contributed by atoms with Gasteiger partial charge in [-0.25, -0.2) is 0 Å². The summed E-state index contributed by atoms with van der Waals surface area (Å²) in [7, 11) is 4.06. The number of hydrogen-bond donors (Lipinski definition) is 0. The average molecular weight is 690 g/mol. The van der Waals surface area contributed by atoms with Gasteiger partial charge in [0, 0.05) is 18.8 Å². The first-order valence-electron chi connectivity index (χ1n) is 21.6. The van der Waals surface area contributed by atoms with Crippen LogP contribution in [0.2, 0.25) is 0 Å². The molecule has 5 nitrogen and oxygen atoms in total. The van der Waals surface area contributed by atoms with Gasteiger partial charge in [0.15, 0.2) is 0 Å². The second-order valence-electron chi connectivity index (χ2n) is 15.7. The molecule has 1 fully saturated rings. The molecule has 0 aromatic heterocycles. The Morgan fingerprint density at radius 3 is 1.65 bits per heavy atom. The van der Waals surface area contributed by atoms with Crippen LogP contribution < -0.4 is 0 Å². The molecule has 5 heteroatoms. The fourth-order valence-electron chi connectivity index (χ4n) is 7.68. The van der Waals surface area contributed by atoms with E-state index in [1.165, 1.54) is 141 Å². The highest BCUT2D eigenvalue weighted by atomic mass is 16.5. The molecule has 0 aromatic carbocycles. The van der Waals surface area contributed by atoms with Crippen molar-refractivity contribution in [1.82, 2.24) is 4.90 Å². The Bertz CT molecular complexity index is 772. The minimum atomic E-state index is -0.0960. The van der Waals surface area contributed by atoms with Crippen molar-refractivity contribution < 1.29 is 19.1 Å². The minimum absolute atomic E-state index is 0.0522. The number of ether oxygens (including phenoxy) is 2. The fourth-order valence-corrected chi connectivity index (χ4v) is 7.68. The maximum absolute atomic E-state index is 13.2. The Morgan fingerprint density at radius 2 is 1.16 bits per heavy atom. The molecular formula is C44H83NO4. The Balaban J connectivity index is 2.54. The molecule has 0 spiro atoms. The number of rotatable bonds is 34. The monoisotopic (exact) mass is 690 g/mol. The third kappa shape index (κ3) is 26.1.